The highest BCUT2D eigenvalue weighted by Gasteiger charge is 2.36. The van der Waals surface area contributed by atoms with Crippen LogP contribution in [0.5, 0.6) is 0 Å². The van der Waals surface area contributed by atoms with Crippen molar-refractivity contribution in [2.45, 2.75) is 20.4 Å². The fourth-order valence-electron chi connectivity index (χ4n) is 4.22. The van der Waals surface area contributed by atoms with E-state index < -0.39 is 11.8 Å². The van der Waals surface area contributed by atoms with Crippen LogP contribution in [0.15, 0.2) is 72.8 Å². The van der Waals surface area contributed by atoms with Gasteiger partial charge in [-0.05, 0) is 55.8 Å². The van der Waals surface area contributed by atoms with Gasteiger partial charge in [-0.2, -0.15) is 5.10 Å². The van der Waals surface area contributed by atoms with E-state index in [4.69, 9.17) is 11.6 Å². The van der Waals surface area contributed by atoms with Gasteiger partial charge < -0.3 is 5.32 Å². The molecule has 0 spiro atoms. The Morgan fingerprint density at radius 2 is 1.57 bits per heavy atom. The number of fused-ring (bicyclic) bond motifs is 1. The van der Waals surface area contributed by atoms with Crippen molar-refractivity contribution in [3.63, 3.8) is 0 Å². The first-order valence-electron chi connectivity index (χ1n) is 11.0. The van der Waals surface area contributed by atoms with Gasteiger partial charge in [-0.15, -0.1) is 0 Å². The van der Waals surface area contributed by atoms with Crippen molar-refractivity contribution < 1.29 is 14.4 Å². The van der Waals surface area contributed by atoms with Crippen molar-refractivity contribution in [1.82, 2.24) is 9.78 Å². The predicted molar refractivity (Wildman–Crippen MR) is 134 cm³/mol. The number of nitrogens with one attached hydrogen (secondary N) is 1. The number of halogens is 1. The number of amides is 3. The second-order valence-electron chi connectivity index (χ2n) is 8.29. The summed E-state index contributed by atoms with van der Waals surface area (Å²) in [5, 5.41) is 8.14. The molecule has 0 radical (unpaired) electrons. The molecule has 3 aromatic carbocycles. The topological polar surface area (TPSA) is 84.3 Å². The molecule has 0 atom stereocenters. The molecule has 5 rings (SSSR count). The third-order valence-electron chi connectivity index (χ3n) is 6.06. The van der Waals surface area contributed by atoms with Gasteiger partial charge in [0.2, 0.25) is 0 Å². The molecule has 35 heavy (non-hydrogen) atoms. The summed E-state index contributed by atoms with van der Waals surface area (Å²) in [5.41, 5.74) is 4.34. The Morgan fingerprint density at radius 3 is 2.26 bits per heavy atom. The Kier molecular flexibility index (Phi) is 5.70. The van der Waals surface area contributed by atoms with Crippen LogP contribution in [0, 0.1) is 13.8 Å². The monoisotopic (exact) mass is 484 g/mol. The Labute approximate surface area is 206 Å². The number of rotatable bonds is 5. The molecule has 0 saturated heterocycles. The maximum Gasteiger partial charge on any atom is 0.266 e. The molecule has 1 aromatic heterocycles. The van der Waals surface area contributed by atoms with Crippen molar-refractivity contribution in [1.29, 1.82) is 0 Å². The lowest BCUT2D eigenvalue weighted by molar-refractivity contribution is 0.0924. The summed E-state index contributed by atoms with van der Waals surface area (Å²) in [6.07, 6.45) is 0. The van der Waals surface area contributed by atoms with Gasteiger partial charge in [0.1, 0.15) is 0 Å². The van der Waals surface area contributed by atoms with Crippen LogP contribution >= 0.6 is 11.6 Å². The maximum atomic E-state index is 13.1. The quantitative estimate of drug-likeness (QED) is 0.392. The molecule has 1 aliphatic heterocycles. The van der Waals surface area contributed by atoms with Crippen LogP contribution in [0.25, 0.3) is 0 Å². The molecule has 0 fully saturated rings. The molecular formula is C27H21ClN4O3. The Morgan fingerprint density at radius 1 is 0.914 bits per heavy atom. The molecule has 0 saturated carbocycles. The normalized spacial score (nSPS) is 12.7. The van der Waals surface area contributed by atoms with Crippen LogP contribution in [0.3, 0.4) is 0 Å². The molecule has 0 bridgehead atoms. The van der Waals surface area contributed by atoms with E-state index in [0.29, 0.717) is 45.3 Å². The summed E-state index contributed by atoms with van der Waals surface area (Å²) in [6.45, 7) is 4.17. The number of hydrogen-bond acceptors (Lipinski definition) is 4. The van der Waals surface area contributed by atoms with Gasteiger partial charge in [0.15, 0.2) is 0 Å². The van der Waals surface area contributed by atoms with Gasteiger partial charge in [-0.25, -0.2) is 4.90 Å². The predicted octanol–water partition coefficient (Wildman–Crippen LogP) is 5.25. The minimum atomic E-state index is -0.407. The molecule has 174 valence electrons. The largest absolute Gasteiger partial charge is 0.319 e. The average molecular weight is 485 g/mol. The number of carbonyl (C=O) groups excluding carboxylic acids is 3. The van der Waals surface area contributed by atoms with Gasteiger partial charge in [0, 0.05) is 10.6 Å². The first-order valence-corrected chi connectivity index (χ1v) is 11.4. The van der Waals surface area contributed by atoms with Crippen LogP contribution < -0.4 is 10.2 Å². The fraction of sp³-hybridized carbons (Fsp3) is 0.111. The molecule has 1 N–H and O–H groups in total. The number of hydrogen-bond donors (Lipinski definition) is 1. The number of imide groups is 1. The van der Waals surface area contributed by atoms with E-state index in [0.717, 1.165) is 16.2 Å². The smallest absolute Gasteiger partial charge is 0.266 e. The lowest BCUT2D eigenvalue weighted by atomic mass is 10.1. The van der Waals surface area contributed by atoms with Crippen molar-refractivity contribution in [3.8, 4) is 0 Å². The zero-order valence-corrected chi connectivity index (χ0v) is 19.8. The summed E-state index contributed by atoms with van der Waals surface area (Å²) in [7, 11) is 0. The van der Waals surface area contributed by atoms with Gasteiger partial charge >= 0.3 is 0 Å². The molecule has 7 nitrogen and oxygen atoms in total. The second-order valence-corrected chi connectivity index (χ2v) is 8.70. The molecular weight excluding hydrogens is 464 g/mol. The second kappa shape index (κ2) is 8.85. The van der Waals surface area contributed by atoms with Crippen LogP contribution in [-0.2, 0) is 6.54 Å². The van der Waals surface area contributed by atoms with Gasteiger partial charge in [0.25, 0.3) is 17.7 Å². The highest BCUT2D eigenvalue weighted by Crippen LogP contribution is 2.29. The van der Waals surface area contributed by atoms with E-state index in [9.17, 15) is 14.4 Å². The highest BCUT2D eigenvalue weighted by molar-refractivity contribution is 6.34. The summed E-state index contributed by atoms with van der Waals surface area (Å²) >= 11 is 6.29. The Bertz CT molecular complexity index is 1470. The van der Waals surface area contributed by atoms with E-state index >= 15 is 0 Å². The Hall–Kier alpha value is -4.23. The highest BCUT2D eigenvalue weighted by atomic mass is 35.5. The van der Waals surface area contributed by atoms with Crippen molar-refractivity contribution in [2.75, 3.05) is 10.2 Å². The fourth-order valence-corrected chi connectivity index (χ4v) is 4.41. The van der Waals surface area contributed by atoms with Gasteiger partial charge in [0.05, 0.1) is 40.4 Å². The number of aryl methyl sites for hydroxylation is 1. The van der Waals surface area contributed by atoms with Gasteiger partial charge in [-0.3, -0.25) is 19.1 Å². The molecule has 8 heteroatoms. The van der Waals surface area contributed by atoms with E-state index in [-0.39, 0.29) is 5.91 Å². The van der Waals surface area contributed by atoms with Crippen LogP contribution in [-0.4, -0.2) is 27.5 Å². The number of nitrogens with zero attached hydrogens (tertiary/aromatic N) is 3. The summed E-state index contributed by atoms with van der Waals surface area (Å²) < 4.78 is 1.79. The third kappa shape index (κ3) is 4.00. The zero-order valence-electron chi connectivity index (χ0n) is 19.1. The van der Waals surface area contributed by atoms with Crippen LogP contribution in [0.1, 0.15) is 48.0 Å². The lowest BCUT2D eigenvalue weighted by Crippen LogP contribution is -2.29. The van der Waals surface area contributed by atoms with Crippen LogP contribution in [0.4, 0.5) is 11.4 Å². The molecule has 2 heterocycles. The summed E-state index contributed by atoms with van der Waals surface area (Å²) in [4.78, 5) is 39.9. The van der Waals surface area contributed by atoms with E-state index in [1.165, 1.54) is 6.07 Å². The standard InChI is InChI=1S/C27H21ClN4O3/c1-16-24(17(2)31(30-16)15-19-8-3-6-13-23(19)28)29-25(33)18-9-7-10-20(14-18)32-26(34)21-11-4-5-12-22(21)27(32)35/h3-14H,15H2,1-2H3,(H,29,33). The van der Waals surface area contributed by atoms with E-state index in [1.54, 1.807) is 47.1 Å². The number of anilines is 2. The minimum absolute atomic E-state index is 0.316. The van der Waals surface area contributed by atoms with Crippen molar-refractivity contribution in [2.24, 2.45) is 0 Å². The number of carbonyl (C=O) groups is 3. The van der Waals surface area contributed by atoms with E-state index in [2.05, 4.69) is 10.4 Å². The maximum absolute atomic E-state index is 13.1. The number of aromatic nitrogens is 2. The number of benzene rings is 3. The summed E-state index contributed by atoms with van der Waals surface area (Å²) in [5.74, 6) is -1.18. The first kappa shape index (κ1) is 22.6. The van der Waals surface area contributed by atoms with Crippen LogP contribution in [0.2, 0.25) is 5.02 Å². The SMILES string of the molecule is Cc1nn(Cc2ccccc2Cl)c(C)c1NC(=O)c1cccc(N2C(=O)c3ccccc3C2=O)c1. The van der Waals surface area contributed by atoms with E-state index in [1.807, 2.05) is 38.1 Å². The Balaban J connectivity index is 1.39. The molecule has 3 amide bonds. The average Bonchev–Trinajstić information content (AvgIpc) is 3.27. The molecule has 4 aromatic rings. The molecule has 0 unspecified atom stereocenters. The minimum Gasteiger partial charge on any atom is -0.319 e. The van der Waals surface area contributed by atoms with Crippen molar-refractivity contribution >= 4 is 40.7 Å². The lowest BCUT2D eigenvalue weighted by Gasteiger charge is -2.15. The molecule has 1 aliphatic rings. The zero-order chi connectivity index (χ0) is 24.7. The third-order valence-corrected chi connectivity index (χ3v) is 6.43. The van der Waals surface area contributed by atoms with Gasteiger partial charge in [-0.1, -0.05) is 48.0 Å². The molecule has 0 aliphatic carbocycles. The van der Waals surface area contributed by atoms with Crippen molar-refractivity contribution in [3.05, 3.63) is 111 Å². The summed E-state index contributed by atoms with van der Waals surface area (Å²) in [6, 6.07) is 20.7. The first-order chi connectivity index (χ1) is 16.8.